The van der Waals surface area contributed by atoms with E-state index in [1.54, 1.807) is 17.1 Å². The van der Waals surface area contributed by atoms with Crippen LogP contribution in [0.25, 0.3) is 0 Å². The Bertz CT molecular complexity index is 338. The highest BCUT2D eigenvalue weighted by molar-refractivity contribution is 14.1. The summed E-state index contributed by atoms with van der Waals surface area (Å²) in [6.45, 7) is 0.905. The van der Waals surface area contributed by atoms with Gasteiger partial charge in [0.05, 0.1) is 9.90 Å². The van der Waals surface area contributed by atoms with Gasteiger partial charge in [0, 0.05) is 19.3 Å². The first kappa shape index (κ1) is 11.6. The molecule has 1 aromatic heterocycles. The molecular formula is C9H13IN2O2. The minimum Gasteiger partial charge on any atom is -0.396 e. The van der Waals surface area contributed by atoms with Gasteiger partial charge in [-0.3, -0.25) is 9.36 Å². The Morgan fingerprint density at radius 2 is 2.21 bits per heavy atom. The number of nitrogens with zero attached hydrogens (tertiary/aromatic N) is 2. The van der Waals surface area contributed by atoms with Gasteiger partial charge in [-0.1, -0.05) is 0 Å². The van der Waals surface area contributed by atoms with E-state index in [4.69, 9.17) is 5.11 Å². The minimum absolute atomic E-state index is 0.0181. The highest BCUT2D eigenvalue weighted by Crippen LogP contribution is 1.98. The van der Waals surface area contributed by atoms with Gasteiger partial charge in [-0.05, 0) is 41.9 Å². The SMILES string of the molecule is O=c1c(I)cncn1CCCCCO. The molecule has 0 aliphatic carbocycles. The highest BCUT2D eigenvalue weighted by atomic mass is 127. The maximum absolute atomic E-state index is 11.5. The third kappa shape index (κ3) is 3.38. The van der Waals surface area contributed by atoms with Gasteiger partial charge in [-0.25, -0.2) is 4.98 Å². The van der Waals surface area contributed by atoms with E-state index in [2.05, 4.69) is 4.98 Å². The molecule has 1 N–H and O–H groups in total. The van der Waals surface area contributed by atoms with Gasteiger partial charge in [0.2, 0.25) is 0 Å². The molecule has 0 atom stereocenters. The topological polar surface area (TPSA) is 55.1 Å². The molecule has 0 amide bonds. The van der Waals surface area contributed by atoms with Gasteiger partial charge in [-0.2, -0.15) is 0 Å². The van der Waals surface area contributed by atoms with E-state index in [-0.39, 0.29) is 12.2 Å². The average Bonchev–Trinajstić information content (AvgIpc) is 2.19. The van der Waals surface area contributed by atoms with Crippen LogP contribution in [0.4, 0.5) is 0 Å². The van der Waals surface area contributed by atoms with Crippen LogP contribution in [0.5, 0.6) is 0 Å². The van der Waals surface area contributed by atoms with Crippen LogP contribution in [-0.2, 0) is 6.54 Å². The predicted molar refractivity (Wildman–Crippen MR) is 62.2 cm³/mol. The minimum atomic E-state index is 0.0181. The Kier molecular flexibility index (Phi) is 5.10. The van der Waals surface area contributed by atoms with Crippen molar-refractivity contribution in [2.45, 2.75) is 25.8 Å². The quantitative estimate of drug-likeness (QED) is 0.652. The molecule has 0 aliphatic rings. The zero-order valence-corrected chi connectivity index (χ0v) is 9.98. The van der Waals surface area contributed by atoms with E-state index >= 15 is 0 Å². The molecule has 0 saturated carbocycles. The van der Waals surface area contributed by atoms with Gasteiger partial charge < -0.3 is 5.11 Å². The smallest absolute Gasteiger partial charge is 0.266 e. The van der Waals surface area contributed by atoms with E-state index in [0.29, 0.717) is 10.1 Å². The zero-order chi connectivity index (χ0) is 10.4. The summed E-state index contributed by atoms with van der Waals surface area (Å²) in [4.78, 5) is 15.4. The van der Waals surface area contributed by atoms with Crippen LogP contribution in [0.1, 0.15) is 19.3 Å². The van der Waals surface area contributed by atoms with Crippen molar-refractivity contribution < 1.29 is 5.11 Å². The largest absolute Gasteiger partial charge is 0.396 e. The number of aliphatic hydroxyl groups excluding tert-OH is 1. The van der Waals surface area contributed by atoms with Crippen molar-refractivity contribution in [2.75, 3.05) is 6.61 Å². The fourth-order valence-electron chi connectivity index (χ4n) is 1.15. The number of hydrogen-bond donors (Lipinski definition) is 1. The Morgan fingerprint density at radius 1 is 1.43 bits per heavy atom. The number of rotatable bonds is 5. The van der Waals surface area contributed by atoms with E-state index in [0.717, 1.165) is 19.3 Å². The molecule has 0 fully saturated rings. The lowest BCUT2D eigenvalue weighted by Gasteiger charge is -2.04. The number of unbranched alkanes of at least 4 members (excludes halogenated alkanes) is 2. The van der Waals surface area contributed by atoms with E-state index < -0.39 is 0 Å². The summed E-state index contributed by atoms with van der Waals surface area (Å²) in [5.41, 5.74) is 0.0181. The predicted octanol–water partition coefficient (Wildman–Crippen LogP) is 1.01. The summed E-state index contributed by atoms with van der Waals surface area (Å²) in [5, 5.41) is 8.58. The van der Waals surface area contributed by atoms with Crippen LogP contribution in [0.15, 0.2) is 17.3 Å². The Hall–Kier alpha value is -0.430. The number of hydrogen-bond acceptors (Lipinski definition) is 3. The van der Waals surface area contributed by atoms with Crippen molar-refractivity contribution >= 4 is 22.6 Å². The number of halogens is 1. The van der Waals surface area contributed by atoms with Crippen molar-refractivity contribution in [3.8, 4) is 0 Å². The molecule has 1 rings (SSSR count). The van der Waals surface area contributed by atoms with E-state index in [1.807, 2.05) is 22.6 Å². The maximum atomic E-state index is 11.5. The summed E-state index contributed by atoms with van der Waals surface area (Å²) >= 11 is 1.98. The molecule has 0 bridgehead atoms. The Labute approximate surface area is 96.1 Å². The maximum Gasteiger partial charge on any atom is 0.266 e. The second-order valence-electron chi connectivity index (χ2n) is 3.02. The molecule has 1 aromatic rings. The van der Waals surface area contributed by atoms with Gasteiger partial charge in [0.1, 0.15) is 0 Å². The number of aromatic nitrogens is 2. The van der Waals surface area contributed by atoms with Crippen LogP contribution in [-0.4, -0.2) is 21.3 Å². The molecule has 0 aliphatic heterocycles. The van der Waals surface area contributed by atoms with Crippen molar-refractivity contribution in [3.05, 3.63) is 26.4 Å². The van der Waals surface area contributed by atoms with Gasteiger partial charge in [0.25, 0.3) is 5.56 Å². The second kappa shape index (κ2) is 6.13. The van der Waals surface area contributed by atoms with E-state index in [1.165, 1.54) is 0 Å². The van der Waals surface area contributed by atoms with Gasteiger partial charge in [0.15, 0.2) is 0 Å². The van der Waals surface area contributed by atoms with Gasteiger partial charge >= 0.3 is 0 Å². The molecule has 0 unspecified atom stereocenters. The molecule has 5 heteroatoms. The lowest BCUT2D eigenvalue weighted by Crippen LogP contribution is -2.22. The van der Waals surface area contributed by atoms with Crippen molar-refractivity contribution in [1.29, 1.82) is 0 Å². The number of aliphatic hydroxyl groups is 1. The fraction of sp³-hybridized carbons (Fsp3) is 0.556. The first-order valence-corrected chi connectivity index (χ1v) is 5.64. The molecule has 4 nitrogen and oxygen atoms in total. The van der Waals surface area contributed by atoms with E-state index in [9.17, 15) is 4.79 Å². The van der Waals surface area contributed by atoms with Crippen LogP contribution in [0.3, 0.4) is 0 Å². The van der Waals surface area contributed by atoms with Gasteiger partial charge in [-0.15, -0.1) is 0 Å². The molecule has 1 heterocycles. The standard InChI is InChI=1S/C9H13IN2O2/c10-8-6-11-7-12(9(8)14)4-2-1-3-5-13/h6-7,13H,1-5H2. The lowest BCUT2D eigenvalue weighted by atomic mass is 10.2. The second-order valence-corrected chi connectivity index (χ2v) is 4.19. The van der Waals surface area contributed by atoms with Crippen LogP contribution in [0, 0.1) is 3.57 Å². The molecule has 0 aromatic carbocycles. The monoisotopic (exact) mass is 308 g/mol. The molecule has 78 valence electrons. The van der Waals surface area contributed by atoms with Crippen LogP contribution in [0.2, 0.25) is 0 Å². The molecule has 0 radical (unpaired) electrons. The van der Waals surface area contributed by atoms with Crippen molar-refractivity contribution in [3.63, 3.8) is 0 Å². The summed E-state index contributed by atoms with van der Waals surface area (Å²) in [5.74, 6) is 0. The normalized spacial score (nSPS) is 10.4. The summed E-state index contributed by atoms with van der Waals surface area (Å²) in [6.07, 6.45) is 5.76. The highest BCUT2D eigenvalue weighted by Gasteiger charge is 1.99. The molecular weight excluding hydrogens is 295 g/mol. The number of aryl methyl sites for hydroxylation is 1. The summed E-state index contributed by atoms with van der Waals surface area (Å²) < 4.78 is 2.26. The average molecular weight is 308 g/mol. The van der Waals surface area contributed by atoms with Crippen LogP contribution >= 0.6 is 22.6 Å². The first-order valence-electron chi connectivity index (χ1n) is 4.56. The zero-order valence-electron chi connectivity index (χ0n) is 7.82. The summed E-state index contributed by atoms with van der Waals surface area (Å²) in [6, 6.07) is 0. The molecule has 14 heavy (non-hydrogen) atoms. The Morgan fingerprint density at radius 3 is 2.93 bits per heavy atom. The van der Waals surface area contributed by atoms with Crippen molar-refractivity contribution in [2.24, 2.45) is 0 Å². The Balaban J connectivity index is 2.51. The van der Waals surface area contributed by atoms with Crippen molar-refractivity contribution in [1.82, 2.24) is 9.55 Å². The lowest BCUT2D eigenvalue weighted by molar-refractivity contribution is 0.281. The fourth-order valence-corrected chi connectivity index (χ4v) is 1.62. The third-order valence-corrected chi connectivity index (χ3v) is 2.66. The molecule has 0 saturated heterocycles. The third-order valence-electron chi connectivity index (χ3n) is 1.92. The summed E-state index contributed by atoms with van der Waals surface area (Å²) in [7, 11) is 0. The van der Waals surface area contributed by atoms with Crippen LogP contribution < -0.4 is 5.56 Å². The first-order chi connectivity index (χ1) is 6.75. The molecule has 0 spiro atoms.